The van der Waals surface area contributed by atoms with Gasteiger partial charge in [0.1, 0.15) is 23.9 Å². The molecule has 1 saturated heterocycles. The number of hydrogen-bond donors (Lipinski definition) is 1. The van der Waals surface area contributed by atoms with Gasteiger partial charge in [0.15, 0.2) is 5.76 Å². The predicted octanol–water partition coefficient (Wildman–Crippen LogP) is 5.50. The van der Waals surface area contributed by atoms with Gasteiger partial charge in [0, 0.05) is 30.2 Å². The molecule has 0 unspecified atom stereocenters. The van der Waals surface area contributed by atoms with Crippen molar-refractivity contribution in [1.82, 2.24) is 9.88 Å². The maximum absolute atomic E-state index is 13.0. The molecular formula is C25H23FN2O3. The molecule has 6 heteroatoms. The third kappa shape index (κ3) is 4.06. The molecule has 1 aliphatic rings. The number of fused-ring (bicyclic) bond motifs is 1. The van der Waals surface area contributed by atoms with Gasteiger partial charge in [-0.1, -0.05) is 18.2 Å². The number of carbonyl (C=O) groups excluding carboxylic acids is 1. The Kier molecular flexibility index (Phi) is 5.20. The third-order valence-corrected chi connectivity index (χ3v) is 5.91. The number of piperidine rings is 1. The highest BCUT2D eigenvalue weighted by molar-refractivity contribution is 5.91. The van der Waals surface area contributed by atoms with E-state index in [2.05, 4.69) is 29.4 Å². The summed E-state index contributed by atoms with van der Waals surface area (Å²) in [7, 11) is 0. The van der Waals surface area contributed by atoms with E-state index in [1.54, 1.807) is 24.3 Å². The summed E-state index contributed by atoms with van der Waals surface area (Å²) in [5.41, 5.74) is 2.49. The SMILES string of the molecule is O=C(c1ccc(COc2ccc(F)cc2)o1)N1CCC(c2c[nH]c3ccccc23)CC1. The van der Waals surface area contributed by atoms with E-state index in [1.165, 1.54) is 23.1 Å². The van der Waals surface area contributed by atoms with Crippen molar-refractivity contribution in [3.05, 3.63) is 89.8 Å². The maximum atomic E-state index is 13.0. The van der Waals surface area contributed by atoms with E-state index in [1.807, 2.05) is 11.0 Å². The Hall–Kier alpha value is -3.54. The maximum Gasteiger partial charge on any atom is 0.289 e. The second kappa shape index (κ2) is 8.30. The average molecular weight is 418 g/mol. The van der Waals surface area contributed by atoms with Gasteiger partial charge in [0.25, 0.3) is 5.91 Å². The van der Waals surface area contributed by atoms with E-state index < -0.39 is 0 Å². The summed E-state index contributed by atoms with van der Waals surface area (Å²) in [4.78, 5) is 18.1. The Morgan fingerprint density at radius 1 is 1.06 bits per heavy atom. The number of hydrogen-bond acceptors (Lipinski definition) is 3. The molecule has 2 aromatic carbocycles. The fraction of sp³-hybridized carbons (Fsp3) is 0.240. The molecule has 1 aliphatic heterocycles. The van der Waals surface area contributed by atoms with Gasteiger partial charge in [-0.15, -0.1) is 0 Å². The highest BCUT2D eigenvalue weighted by Crippen LogP contribution is 2.33. The number of aromatic nitrogens is 1. The molecule has 4 aromatic rings. The van der Waals surface area contributed by atoms with Crippen LogP contribution < -0.4 is 4.74 Å². The zero-order valence-corrected chi connectivity index (χ0v) is 17.0. The number of furan rings is 1. The van der Waals surface area contributed by atoms with E-state index in [0.29, 0.717) is 36.3 Å². The second-order valence-corrected chi connectivity index (χ2v) is 7.86. The Morgan fingerprint density at radius 2 is 1.84 bits per heavy atom. The smallest absolute Gasteiger partial charge is 0.289 e. The number of nitrogens with one attached hydrogen (secondary N) is 1. The predicted molar refractivity (Wildman–Crippen MR) is 116 cm³/mol. The monoisotopic (exact) mass is 418 g/mol. The minimum Gasteiger partial charge on any atom is -0.486 e. The number of aromatic amines is 1. The van der Waals surface area contributed by atoms with E-state index in [-0.39, 0.29) is 18.3 Å². The first kappa shape index (κ1) is 19.4. The first-order valence-corrected chi connectivity index (χ1v) is 10.5. The molecule has 1 amide bonds. The molecule has 0 bridgehead atoms. The van der Waals surface area contributed by atoms with Crippen molar-refractivity contribution >= 4 is 16.8 Å². The van der Waals surface area contributed by atoms with Gasteiger partial charge < -0.3 is 19.0 Å². The summed E-state index contributed by atoms with van der Waals surface area (Å²) in [6.07, 6.45) is 3.95. The number of para-hydroxylation sites is 1. The van der Waals surface area contributed by atoms with Crippen LogP contribution in [-0.2, 0) is 6.61 Å². The van der Waals surface area contributed by atoms with E-state index in [4.69, 9.17) is 9.15 Å². The lowest BCUT2D eigenvalue weighted by Crippen LogP contribution is -2.37. The largest absolute Gasteiger partial charge is 0.486 e. The van der Waals surface area contributed by atoms with Gasteiger partial charge in [-0.25, -0.2) is 4.39 Å². The van der Waals surface area contributed by atoms with Crippen LogP contribution in [0.4, 0.5) is 4.39 Å². The van der Waals surface area contributed by atoms with E-state index >= 15 is 0 Å². The van der Waals surface area contributed by atoms with Gasteiger partial charge in [0.2, 0.25) is 0 Å². The molecule has 0 atom stereocenters. The van der Waals surface area contributed by atoms with Crippen molar-refractivity contribution in [1.29, 1.82) is 0 Å². The number of benzene rings is 2. The molecule has 1 N–H and O–H groups in total. The van der Waals surface area contributed by atoms with Gasteiger partial charge in [-0.05, 0) is 66.8 Å². The number of carbonyl (C=O) groups is 1. The van der Waals surface area contributed by atoms with Crippen LogP contribution in [0.3, 0.4) is 0 Å². The van der Waals surface area contributed by atoms with Crippen LogP contribution in [0.15, 0.2) is 71.3 Å². The van der Waals surface area contributed by atoms with Crippen LogP contribution in [-0.4, -0.2) is 28.9 Å². The lowest BCUT2D eigenvalue weighted by atomic mass is 9.89. The Bertz CT molecular complexity index is 1190. The first-order chi connectivity index (χ1) is 15.2. The first-order valence-electron chi connectivity index (χ1n) is 10.5. The summed E-state index contributed by atoms with van der Waals surface area (Å²) in [5.74, 6) is 1.46. The summed E-state index contributed by atoms with van der Waals surface area (Å²) in [6, 6.07) is 17.6. The molecular weight excluding hydrogens is 395 g/mol. The number of H-pyrrole nitrogens is 1. The van der Waals surface area contributed by atoms with E-state index in [9.17, 15) is 9.18 Å². The normalized spacial score (nSPS) is 14.8. The number of amides is 1. The lowest BCUT2D eigenvalue weighted by molar-refractivity contribution is 0.0677. The number of likely N-dealkylation sites (tertiary alicyclic amines) is 1. The lowest BCUT2D eigenvalue weighted by Gasteiger charge is -2.31. The van der Waals surface area contributed by atoms with E-state index in [0.717, 1.165) is 18.4 Å². The van der Waals surface area contributed by atoms with Crippen LogP contribution in [0.2, 0.25) is 0 Å². The molecule has 0 spiro atoms. The third-order valence-electron chi connectivity index (χ3n) is 5.91. The van der Waals surface area contributed by atoms with Crippen LogP contribution in [0.25, 0.3) is 10.9 Å². The Labute approximate surface area is 179 Å². The van der Waals surface area contributed by atoms with Crippen LogP contribution >= 0.6 is 0 Å². The van der Waals surface area contributed by atoms with Crippen molar-refractivity contribution in [2.24, 2.45) is 0 Å². The van der Waals surface area contributed by atoms with Crippen molar-refractivity contribution in [3.63, 3.8) is 0 Å². The van der Waals surface area contributed by atoms with Gasteiger partial charge in [-0.2, -0.15) is 0 Å². The average Bonchev–Trinajstić information content (AvgIpc) is 3.46. The zero-order chi connectivity index (χ0) is 21.2. The summed E-state index contributed by atoms with van der Waals surface area (Å²) in [5, 5.41) is 1.27. The second-order valence-electron chi connectivity index (χ2n) is 7.86. The molecule has 31 heavy (non-hydrogen) atoms. The van der Waals surface area contributed by atoms with Crippen molar-refractivity contribution in [2.75, 3.05) is 13.1 Å². The quantitative estimate of drug-likeness (QED) is 0.466. The molecule has 0 saturated carbocycles. The van der Waals surface area contributed by atoms with Crippen molar-refractivity contribution in [2.45, 2.75) is 25.4 Å². The number of halogens is 1. The zero-order valence-electron chi connectivity index (χ0n) is 17.0. The summed E-state index contributed by atoms with van der Waals surface area (Å²) in [6.45, 7) is 1.58. The fourth-order valence-corrected chi connectivity index (χ4v) is 4.24. The van der Waals surface area contributed by atoms with Crippen LogP contribution in [0.5, 0.6) is 5.75 Å². The van der Waals surface area contributed by atoms with Gasteiger partial charge >= 0.3 is 0 Å². The molecule has 5 nitrogen and oxygen atoms in total. The number of ether oxygens (including phenoxy) is 1. The van der Waals surface area contributed by atoms with Gasteiger partial charge in [-0.3, -0.25) is 4.79 Å². The van der Waals surface area contributed by atoms with Crippen LogP contribution in [0.1, 0.15) is 40.6 Å². The number of rotatable bonds is 5. The van der Waals surface area contributed by atoms with Crippen molar-refractivity contribution in [3.8, 4) is 5.75 Å². The molecule has 158 valence electrons. The summed E-state index contributed by atoms with van der Waals surface area (Å²) >= 11 is 0. The molecule has 0 aliphatic carbocycles. The molecule has 0 radical (unpaired) electrons. The molecule has 2 aromatic heterocycles. The standard InChI is InChI=1S/C25H23FN2O3/c26-18-5-7-19(8-6-18)30-16-20-9-10-24(31-20)25(29)28-13-11-17(12-14-28)22-15-27-23-4-2-1-3-21(22)23/h1-10,15,17,27H,11-14,16H2. The highest BCUT2D eigenvalue weighted by Gasteiger charge is 2.27. The van der Waals surface area contributed by atoms with Crippen molar-refractivity contribution < 1.29 is 18.3 Å². The number of nitrogens with zero attached hydrogens (tertiary/aromatic N) is 1. The Morgan fingerprint density at radius 3 is 2.65 bits per heavy atom. The molecule has 5 rings (SSSR count). The van der Waals surface area contributed by atoms with Crippen LogP contribution in [0, 0.1) is 5.82 Å². The fourth-order valence-electron chi connectivity index (χ4n) is 4.24. The topological polar surface area (TPSA) is 58.5 Å². The Balaban J connectivity index is 1.18. The minimum atomic E-state index is -0.313. The summed E-state index contributed by atoms with van der Waals surface area (Å²) < 4.78 is 24.3. The molecule has 1 fully saturated rings. The highest BCUT2D eigenvalue weighted by atomic mass is 19.1. The minimum absolute atomic E-state index is 0.0922. The molecule has 3 heterocycles. The van der Waals surface area contributed by atoms with Gasteiger partial charge in [0.05, 0.1) is 0 Å².